The molecule has 1 saturated carbocycles. The normalized spacial score (nSPS) is 23.2. The molecule has 0 saturated heterocycles. The minimum atomic E-state index is -0.268. The van der Waals surface area contributed by atoms with Gasteiger partial charge in [-0.05, 0) is 64.7 Å². The summed E-state index contributed by atoms with van der Waals surface area (Å²) in [6.45, 7) is 20.3. The third-order valence-corrected chi connectivity index (χ3v) is 5.85. The lowest BCUT2D eigenvalue weighted by molar-refractivity contribution is -0.137. The van der Waals surface area contributed by atoms with Crippen molar-refractivity contribution >= 4 is 5.97 Å². The Balaban J connectivity index is 2.28. The standard InChI is InChI=1S/C26H38O2/c1-10-28-23(27)13-18(2)11-12-19-17-26(19,9)22-15-20(24(3,4)5)14-21(16-22)25(6,7)8/h11-16,19H,10,17H2,1-9H3/b12-11+,18-13+. The van der Waals surface area contributed by atoms with Crippen molar-refractivity contribution < 1.29 is 9.53 Å². The van der Waals surface area contributed by atoms with Crippen LogP contribution < -0.4 is 0 Å². The first-order chi connectivity index (χ1) is 12.8. The summed E-state index contributed by atoms with van der Waals surface area (Å²) in [5.41, 5.74) is 5.62. The van der Waals surface area contributed by atoms with E-state index < -0.39 is 0 Å². The second-order valence-electron chi connectivity index (χ2n) is 10.5. The van der Waals surface area contributed by atoms with E-state index in [-0.39, 0.29) is 22.2 Å². The highest BCUT2D eigenvalue weighted by molar-refractivity contribution is 5.83. The highest BCUT2D eigenvalue weighted by Crippen LogP contribution is 2.55. The zero-order valence-electron chi connectivity index (χ0n) is 19.3. The molecule has 2 atom stereocenters. The molecule has 154 valence electrons. The predicted octanol–water partition coefficient (Wildman–Crippen LogP) is 6.62. The molecule has 2 heteroatoms. The van der Waals surface area contributed by atoms with Crippen LogP contribution in [0.5, 0.6) is 0 Å². The molecule has 0 radical (unpaired) electrons. The molecule has 0 aliphatic heterocycles. The molecule has 2 nitrogen and oxygen atoms in total. The van der Waals surface area contributed by atoms with E-state index in [2.05, 4.69) is 78.8 Å². The lowest BCUT2D eigenvalue weighted by Crippen LogP contribution is -2.18. The number of benzene rings is 1. The summed E-state index contributed by atoms with van der Waals surface area (Å²) in [6, 6.07) is 7.20. The van der Waals surface area contributed by atoms with Gasteiger partial charge in [0.1, 0.15) is 0 Å². The van der Waals surface area contributed by atoms with Crippen LogP contribution >= 0.6 is 0 Å². The van der Waals surface area contributed by atoms with Gasteiger partial charge in [-0.3, -0.25) is 0 Å². The summed E-state index contributed by atoms with van der Waals surface area (Å²) in [5.74, 6) is 0.233. The molecule has 0 spiro atoms. The lowest BCUT2D eigenvalue weighted by atomic mass is 9.77. The van der Waals surface area contributed by atoms with Crippen molar-refractivity contribution in [1.82, 2.24) is 0 Å². The number of hydrogen-bond acceptors (Lipinski definition) is 2. The topological polar surface area (TPSA) is 26.3 Å². The van der Waals surface area contributed by atoms with Crippen molar-refractivity contribution in [2.45, 2.75) is 85.0 Å². The largest absolute Gasteiger partial charge is 0.463 e. The van der Waals surface area contributed by atoms with Gasteiger partial charge in [-0.1, -0.05) is 78.8 Å². The van der Waals surface area contributed by atoms with Crippen molar-refractivity contribution in [2.24, 2.45) is 5.92 Å². The SMILES string of the molecule is CCOC(=O)/C=C(C)/C=C/C1CC1(C)c1cc(C(C)(C)C)cc(C(C)(C)C)c1. The van der Waals surface area contributed by atoms with Crippen LogP contribution in [0.1, 0.15) is 85.4 Å². The number of allylic oxidation sites excluding steroid dienone is 3. The van der Waals surface area contributed by atoms with E-state index in [0.717, 1.165) is 12.0 Å². The lowest BCUT2D eigenvalue weighted by Gasteiger charge is -2.27. The minimum absolute atomic E-state index is 0.131. The van der Waals surface area contributed by atoms with Crippen LogP contribution in [0.15, 0.2) is 42.0 Å². The average molecular weight is 383 g/mol. The van der Waals surface area contributed by atoms with Gasteiger partial charge in [-0.25, -0.2) is 4.79 Å². The van der Waals surface area contributed by atoms with Gasteiger partial charge in [0.2, 0.25) is 0 Å². The third kappa shape index (κ3) is 5.37. The minimum Gasteiger partial charge on any atom is -0.463 e. The summed E-state index contributed by atoms with van der Waals surface area (Å²) in [6.07, 6.45) is 7.03. The maximum absolute atomic E-state index is 11.6. The van der Waals surface area contributed by atoms with Gasteiger partial charge < -0.3 is 4.74 Å². The molecular weight excluding hydrogens is 344 g/mol. The fourth-order valence-electron chi connectivity index (χ4n) is 3.52. The maximum Gasteiger partial charge on any atom is 0.330 e. The quantitative estimate of drug-likeness (QED) is 0.325. The summed E-state index contributed by atoms with van der Waals surface area (Å²) >= 11 is 0. The Labute approximate surface area is 172 Å². The van der Waals surface area contributed by atoms with E-state index in [1.54, 1.807) is 6.08 Å². The number of rotatable bonds is 5. The summed E-state index contributed by atoms with van der Waals surface area (Å²) in [7, 11) is 0. The first-order valence-electron chi connectivity index (χ1n) is 10.5. The second-order valence-corrected chi connectivity index (χ2v) is 10.5. The van der Waals surface area contributed by atoms with Gasteiger partial charge in [0, 0.05) is 6.08 Å². The fraction of sp³-hybridized carbons (Fsp3) is 0.577. The maximum atomic E-state index is 11.6. The molecule has 2 rings (SSSR count). The van der Waals surface area contributed by atoms with Crippen molar-refractivity contribution in [1.29, 1.82) is 0 Å². The molecule has 1 fully saturated rings. The molecule has 1 aliphatic rings. The van der Waals surface area contributed by atoms with Crippen LogP contribution in [0.2, 0.25) is 0 Å². The van der Waals surface area contributed by atoms with E-state index in [1.165, 1.54) is 16.7 Å². The van der Waals surface area contributed by atoms with Crippen LogP contribution in [0, 0.1) is 5.92 Å². The van der Waals surface area contributed by atoms with E-state index in [1.807, 2.05) is 13.8 Å². The van der Waals surface area contributed by atoms with E-state index in [9.17, 15) is 4.79 Å². The van der Waals surface area contributed by atoms with Crippen LogP contribution in [-0.4, -0.2) is 12.6 Å². The van der Waals surface area contributed by atoms with Gasteiger partial charge in [0.25, 0.3) is 0 Å². The molecule has 28 heavy (non-hydrogen) atoms. The summed E-state index contributed by atoms with van der Waals surface area (Å²) in [4.78, 5) is 11.6. The van der Waals surface area contributed by atoms with E-state index in [0.29, 0.717) is 12.5 Å². The average Bonchev–Trinajstić information content (AvgIpc) is 3.23. The van der Waals surface area contributed by atoms with Crippen molar-refractivity contribution in [3.8, 4) is 0 Å². The summed E-state index contributed by atoms with van der Waals surface area (Å²) < 4.78 is 4.99. The molecule has 2 unspecified atom stereocenters. The number of carbonyl (C=O) groups is 1. The van der Waals surface area contributed by atoms with Gasteiger partial charge in [-0.2, -0.15) is 0 Å². The van der Waals surface area contributed by atoms with Crippen LogP contribution in [0.4, 0.5) is 0 Å². The molecule has 1 aliphatic carbocycles. The highest BCUT2D eigenvalue weighted by Gasteiger charge is 2.50. The van der Waals surface area contributed by atoms with Crippen LogP contribution in [0.25, 0.3) is 0 Å². The van der Waals surface area contributed by atoms with Crippen molar-refractivity contribution in [2.75, 3.05) is 6.61 Å². The Morgan fingerprint density at radius 2 is 1.64 bits per heavy atom. The first-order valence-corrected chi connectivity index (χ1v) is 10.5. The molecule has 0 N–H and O–H groups in total. The number of esters is 1. The molecule has 0 bridgehead atoms. The molecule has 0 aromatic heterocycles. The van der Waals surface area contributed by atoms with Gasteiger partial charge in [-0.15, -0.1) is 0 Å². The smallest absolute Gasteiger partial charge is 0.330 e. The third-order valence-electron chi connectivity index (χ3n) is 5.85. The molecule has 1 aromatic carbocycles. The van der Waals surface area contributed by atoms with Crippen LogP contribution in [0.3, 0.4) is 0 Å². The number of ether oxygens (including phenoxy) is 1. The zero-order chi connectivity index (χ0) is 21.3. The van der Waals surface area contributed by atoms with Crippen molar-refractivity contribution in [3.05, 3.63) is 58.7 Å². The van der Waals surface area contributed by atoms with Gasteiger partial charge >= 0.3 is 5.97 Å². The Morgan fingerprint density at radius 3 is 2.11 bits per heavy atom. The monoisotopic (exact) mass is 382 g/mol. The summed E-state index contributed by atoms with van der Waals surface area (Å²) in [5, 5.41) is 0. The Morgan fingerprint density at radius 1 is 1.11 bits per heavy atom. The number of carbonyl (C=O) groups excluding carboxylic acids is 1. The highest BCUT2D eigenvalue weighted by atomic mass is 16.5. The Bertz CT molecular complexity index is 751. The molecular formula is C26H38O2. The van der Waals surface area contributed by atoms with Gasteiger partial charge in [0.15, 0.2) is 0 Å². The zero-order valence-corrected chi connectivity index (χ0v) is 19.3. The molecule has 0 amide bonds. The van der Waals surface area contributed by atoms with Gasteiger partial charge in [0.05, 0.1) is 6.61 Å². The van der Waals surface area contributed by atoms with Crippen molar-refractivity contribution in [3.63, 3.8) is 0 Å². The fourth-order valence-corrected chi connectivity index (χ4v) is 3.52. The Hall–Kier alpha value is -1.83. The van der Waals surface area contributed by atoms with Crippen LogP contribution in [-0.2, 0) is 25.8 Å². The predicted molar refractivity (Wildman–Crippen MR) is 119 cm³/mol. The first kappa shape index (κ1) is 22.5. The Kier molecular flexibility index (Phi) is 6.33. The number of hydrogen-bond donors (Lipinski definition) is 0. The molecule has 0 heterocycles. The van der Waals surface area contributed by atoms with E-state index in [4.69, 9.17) is 4.74 Å². The second kappa shape index (κ2) is 7.89. The van der Waals surface area contributed by atoms with E-state index >= 15 is 0 Å². The molecule has 1 aromatic rings.